The van der Waals surface area contributed by atoms with Gasteiger partial charge in [0.1, 0.15) is 5.82 Å². The van der Waals surface area contributed by atoms with Crippen molar-refractivity contribution in [3.8, 4) is 5.69 Å². The number of rotatable bonds is 5. The Balaban J connectivity index is 1.86. The number of aromatic nitrogens is 2. The van der Waals surface area contributed by atoms with Crippen molar-refractivity contribution in [1.29, 1.82) is 0 Å². The Morgan fingerprint density at radius 2 is 1.71 bits per heavy atom. The lowest BCUT2D eigenvalue weighted by atomic mass is 10.1. The van der Waals surface area contributed by atoms with Crippen LogP contribution in [0.25, 0.3) is 16.6 Å². The number of benzene rings is 3. The maximum Gasteiger partial charge on any atom is 0.322 e. The van der Waals surface area contributed by atoms with Gasteiger partial charge in [-0.2, -0.15) is 0 Å². The van der Waals surface area contributed by atoms with Crippen LogP contribution in [0.1, 0.15) is 42.4 Å². The molecule has 0 bridgehead atoms. The van der Waals surface area contributed by atoms with Gasteiger partial charge in [0, 0.05) is 12.2 Å². The van der Waals surface area contributed by atoms with Crippen LogP contribution in [0.4, 0.5) is 10.5 Å². The first-order chi connectivity index (χ1) is 16.3. The predicted molar refractivity (Wildman–Crippen MR) is 138 cm³/mol. The number of urea groups is 1. The summed E-state index contributed by atoms with van der Waals surface area (Å²) < 4.78 is 1.67. The Morgan fingerprint density at radius 1 is 1.00 bits per heavy atom. The van der Waals surface area contributed by atoms with Gasteiger partial charge < -0.3 is 10.2 Å². The van der Waals surface area contributed by atoms with Crippen molar-refractivity contribution >= 4 is 22.6 Å². The number of carbonyl (C=O) groups is 1. The molecule has 0 fully saturated rings. The second-order valence-corrected chi connectivity index (χ2v) is 8.62. The molecule has 3 aromatic carbocycles. The van der Waals surface area contributed by atoms with E-state index in [9.17, 15) is 9.59 Å². The molecule has 0 aliphatic heterocycles. The van der Waals surface area contributed by atoms with Gasteiger partial charge in [-0.05, 0) is 75.6 Å². The number of amides is 2. The average Bonchev–Trinajstić information content (AvgIpc) is 2.82. The van der Waals surface area contributed by atoms with Gasteiger partial charge in [-0.1, -0.05) is 42.5 Å². The van der Waals surface area contributed by atoms with E-state index in [0.29, 0.717) is 23.3 Å². The van der Waals surface area contributed by atoms with Crippen molar-refractivity contribution in [2.75, 3.05) is 11.9 Å². The lowest BCUT2D eigenvalue weighted by Gasteiger charge is -2.30. The molecule has 34 heavy (non-hydrogen) atoms. The van der Waals surface area contributed by atoms with Crippen molar-refractivity contribution in [3.05, 3.63) is 99.6 Å². The van der Waals surface area contributed by atoms with E-state index in [-0.39, 0.29) is 11.6 Å². The van der Waals surface area contributed by atoms with Crippen LogP contribution in [0.15, 0.2) is 71.5 Å². The zero-order chi connectivity index (χ0) is 24.4. The zero-order valence-electron chi connectivity index (χ0n) is 20.3. The minimum Gasteiger partial charge on any atom is -0.315 e. The average molecular weight is 455 g/mol. The van der Waals surface area contributed by atoms with E-state index in [1.165, 1.54) is 0 Å². The summed E-state index contributed by atoms with van der Waals surface area (Å²) in [4.78, 5) is 33.7. The molecule has 6 nitrogen and oxygen atoms in total. The molecule has 4 rings (SSSR count). The number of carbonyl (C=O) groups excluding carboxylic acids is 1. The number of nitrogens with one attached hydrogen (secondary N) is 1. The van der Waals surface area contributed by atoms with Gasteiger partial charge in [-0.3, -0.25) is 9.36 Å². The van der Waals surface area contributed by atoms with E-state index in [1.54, 1.807) is 15.5 Å². The summed E-state index contributed by atoms with van der Waals surface area (Å²) in [5, 5.41) is 3.56. The number of anilines is 1. The van der Waals surface area contributed by atoms with E-state index in [4.69, 9.17) is 4.98 Å². The van der Waals surface area contributed by atoms with Crippen LogP contribution < -0.4 is 10.9 Å². The summed E-state index contributed by atoms with van der Waals surface area (Å²) in [6.07, 6.45) is 0. The molecule has 1 atom stereocenters. The highest BCUT2D eigenvalue weighted by atomic mass is 16.2. The highest BCUT2D eigenvalue weighted by Gasteiger charge is 2.26. The molecule has 174 valence electrons. The fourth-order valence-electron chi connectivity index (χ4n) is 4.26. The lowest BCUT2D eigenvalue weighted by molar-refractivity contribution is 0.193. The molecule has 0 radical (unpaired) electrons. The quantitative estimate of drug-likeness (QED) is 0.407. The van der Waals surface area contributed by atoms with Gasteiger partial charge >= 0.3 is 6.03 Å². The second kappa shape index (κ2) is 9.51. The molecule has 2 amide bonds. The normalized spacial score (nSPS) is 11.9. The molecule has 0 aliphatic carbocycles. The standard InChI is InChI=1S/C28H30N4O2/c1-6-31(28(34)30-23-13-9-7-11-19(23)3)21(5)26-29-24-14-10-8-12-22(24)27(33)32(26)25-17-18(2)15-16-20(25)4/h7-17,21H,6H2,1-5H3,(H,30,34). The molecule has 0 spiro atoms. The summed E-state index contributed by atoms with van der Waals surface area (Å²) >= 11 is 0. The Bertz CT molecular complexity index is 1420. The van der Waals surface area contributed by atoms with Crippen molar-refractivity contribution < 1.29 is 4.79 Å². The van der Waals surface area contributed by atoms with Crippen molar-refractivity contribution in [1.82, 2.24) is 14.5 Å². The molecule has 0 saturated carbocycles. The largest absolute Gasteiger partial charge is 0.322 e. The summed E-state index contributed by atoms with van der Waals surface area (Å²) in [6, 6.07) is 20.3. The fourth-order valence-corrected chi connectivity index (χ4v) is 4.26. The number of hydrogen-bond acceptors (Lipinski definition) is 3. The van der Waals surface area contributed by atoms with Crippen molar-refractivity contribution in [2.24, 2.45) is 0 Å². The maximum absolute atomic E-state index is 13.7. The first-order valence-electron chi connectivity index (χ1n) is 11.5. The minimum atomic E-state index is -0.453. The number of aryl methyl sites for hydroxylation is 3. The number of nitrogens with zero attached hydrogens (tertiary/aromatic N) is 3. The van der Waals surface area contributed by atoms with E-state index in [1.807, 2.05) is 95.3 Å². The first-order valence-corrected chi connectivity index (χ1v) is 11.5. The van der Waals surface area contributed by atoms with Crippen LogP contribution in [0.2, 0.25) is 0 Å². The third kappa shape index (κ3) is 4.31. The molecular formula is C28H30N4O2. The third-order valence-electron chi connectivity index (χ3n) is 6.24. The molecule has 0 aliphatic rings. The Hall–Kier alpha value is -3.93. The van der Waals surface area contributed by atoms with E-state index < -0.39 is 6.04 Å². The Labute approximate surface area is 199 Å². The monoisotopic (exact) mass is 454 g/mol. The first kappa shape index (κ1) is 23.2. The summed E-state index contributed by atoms with van der Waals surface area (Å²) in [5.41, 5.74) is 5.00. The molecule has 1 aromatic heterocycles. The zero-order valence-corrected chi connectivity index (χ0v) is 20.3. The van der Waals surface area contributed by atoms with Gasteiger partial charge in [0.25, 0.3) is 5.56 Å². The molecule has 1 N–H and O–H groups in total. The molecular weight excluding hydrogens is 424 g/mol. The molecule has 6 heteroatoms. The third-order valence-corrected chi connectivity index (χ3v) is 6.24. The lowest BCUT2D eigenvalue weighted by Crippen LogP contribution is -2.40. The topological polar surface area (TPSA) is 67.2 Å². The van der Waals surface area contributed by atoms with Gasteiger partial charge in [0.15, 0.2) is 0 Å². The molecule has 4 aromatic rings. The van der Waals surface area contributed by atoms with Crippen LogP contribution in [-0.4, -0.2) is 27.0 Å². The molecule has 1 heterocycles. The number of hydrogen-bond donors (Lipinski definition) is 1. The molecule has 1 unspecified atom stereocenters. The number of para-hydroxylation sites is 2. The van der Waals surface area contributed by atoms with Crippen molar-refractivity contribution in [2.45, 2.75) is 40.7 Å². The minimum absolute atomic E-state index is 0.142. The van der Waals surface area contributed by atoms with Gasteiger partial charge in [0.2, 0.25) is 0 Å². The van der Waals surface area contributed by atoms with E-state index >= 15 is 0 Å². The Kier molecular flexibility index (Phi) is 6.50. The summed E-state index contributed by atoms with van der Waals surface area (Å²) in [6.45, 7) is 10.2. The van der Waals surface area contributed by atoms with Gasteiger partial charge in [0.05, 0.1) is 22.6 Å². The SMILES string of the molecule is CCN(C(=O)Nc1ccccc1C)C(C)c1nc2ccccc2c(=O)n1-c1cc(C)ccc1C. The van der Waals surface area contributed by atoms with Crippen LogP contribution in [0.3, 0.4) is 0 Å². The van der Waals surface area contributed by atoms with Gasteiger partial charge in [-0.25, -0.2) is 9.78 Å². The van der Waals surface area contributed by atoms with Crippen molar-refractivity contribution in [3.63, 3.8) is 0 Å². The smallest absolute Gasteiger partial charge is 0.315 e. The molecule has 0 saturated heterocycles. The van der Waals surface area contributed by atoms with Crippen LogP contribution in [0.5, 0.6) is 0 Å². The second-order valence-electron chi connectivity index (χ2n) is 8.62. The fraction of sp³-hybridized carbons (Fsp3) is 0.250. The highest BCUT2D eigenvalue weighted by Crippen LogP contribution is 2.26. The summed E-state index contributed by atoms with van der Waals surface area (Å²) in [7, 11) is 0. The highest BCUT2D eigenvalue weighted by molar-refractivity contribution is 5.90. The van der Waals surface area contributed by atoms with E-state index in [2.05, 4.69) is 5.32 Å². The van der Waals surface area contributed by atoms with Crippen LogP contribution >= 0.6 is 0 Å². The number of fused-ring (bicyclic) bond motifs is 1. The Morgan fingerprint density at radius 3 is 2.44 bits per heavy atom. The summed E-state index contributed by atoms with van der Waals surface area (Å²) in [5.74, 6) is 0.527. The predicted octanol–water partition coefficient (Wildman–Crippen LogP) is 5.93. The van der Waals surface area contributed by atoms with Gasteiger partial charge in [-0.15, -0.1) is 0 Å². The van der Waals surface area contributed by atoms with Crippen LogP contribution in [-0.2, 0) is 0 Å². The maximum atomic E-state index is 13.7. The van der Waals surface area contributed by atoms with Crippen LogP contribution in [0, 0.1) is 20.8 Å². The van der Waals surface area contributed by atoms with E-state index in [0.717, 1.165) is 28.1 Å².